The van der Waals surface area contributed by atoms with Crippen LogP contribution in [0.2, 0.25) is 0 Å². The Labute approximate surface area is 111 Å². The molecular formula is C12H10BrF2NO2. The fraction of sp³-hybridized carbons (Fsp3) is 0.167. The number of nitrogens with two attached hydrogens (primary N) is 1. The van der Waals surface area contributed by atoms with Gasteiger partial charge in [0.05, 0.1) is 12.8 Å². The Morgan fingerprint density at radius 1 is 1.33 bits per heavy atom. The van der Waals surface area contributed by atoms with Crippen LogP contribution in [-0.2, 0) is 13.2 Å². The van der Waals surface area contributed by atoms with Crippen molar-refractivity contribution in [2.75, 3.05) is 0 Å². The summed E-state index contributed by atoms with van der Waals surface area (Å²) in [5, 5.41) is 0. The Kier molecular flexibility index (Phi) is 3.98. The van der Waals surface area contributed by atoms with Gasteiger partial charge in [-0.3, -0.25) is 0 Å². The quantitative estimate of drug-likeness (QED) is 0.880. The van der Waals surface area contributed by atoms with E-state index < -0.39 is 11.6 Å². The summed E-state index contributed by atoms with van der Waals surface area (Å²) in [6, 6.07) is 4.07. The molecule has 2 aromatic rings. The third kappa shape index (κ3) is 2.70. The summed E-state index contributed by atoms with van der Waals surface area (Å²) in [7, 11) is 0. The number of benzene rings is 1. The standard InChI is InChI=1S/C12H10BrF2NO2/c13-8-3-9(14)12(15)10(4-8)18-6-7-1-2-17-11(7)5-16/h1-4H,5-6,16H2. The fourth-order valence-electron chi connectivity index (χ4n) is 1.47. The summed E-state index contributed by atoms with van der Waals surface area (Å²) >= 11 is 3.07. The first kappa shape index (κ1) is 13.0. The van der Waals surface area contributed by atoms with Crippen molar-refractivity contribution in [3.63, 3.8) is 0 Å². The largest absolute Gasteiger partial charge is 0.486 e. The highest BCUT2D eigenvalue weighted by Gasteiger charge is 2.12. The predicted octanol–water partition coefficient (Wildman–Crippen LogP) is 3.36. The topological polar surface area (TPSA) is 48.4 Å². The van der Waals surface area contributed by atoms with Crippen molar-refractivity contribution in [1.82, 2.24) is 0 Å². The number of rotatable bonds is 4. The molecule has 1 heterocycles. The van der Waals surface area contributed by atoms with E-state index >= 15 is 0 Å². The van der Waals surface area contributed by atoms with E-state index in [2.05, 4.69) is 15.9 Å². The summed E-state index contributed by atoms with van der Waals surface area (Å²) in [5.74, 6) is -1.58. The maximum atomic E-state index is 13.4. The van der Waals surface area contributed by atoms with Crippen LogP contribution in [0.1, 0.15) is 11.3 Å². The highest BCUT2D eigenvalue weighted by molar-refractivity contribution is 9.10. The van der Waals surface area contributed by atoms with Crippen molar-refractivity contribution in [3.05, 3.63) is 51.9 Å². The maximum Gasteiger partial charge on any atom is 0.200 e. The Bertz CT molecular complexity index is 557. The van der Waals surface area contributed by atoms with E-state index in [1.807, 2.05) is 0 Å². The van der Waals surface area contributed by atoms with Crippen molar-refractivity contribution in [2.24, 2.45) is 5.73 Å². The molecule has 0 aliphatic heterocycles. The summed E-state index contributed by atoms with van der Waals surface area (Å²) in [6.07, 6.45) is 1.47. The first-order valence-corrected chi connectivity index (χ1v) is 5.93. The second-order valence-electron chi connectivity index (χ2n) is 3.56. The monoisotopic (exact) mass is 317 g/mol. The number of hydrogen-bond acceptors (Lipinski definition) is 3. The van der Waals surface area contributed by atoms with E-state index in [1.54, 1.807) is 6.07 Å². The summed E-state index contributed by atoms with van der Waals surface area (Å²) in [6.45, 7) is 0.289. The molecule has 6 heteroatoms. The van der Waals surface area contributed by atoms with Gasteiger partial charge in [0, 0.05) is 10.0 Å². The second kappa shape index (κ2) is 5.49. The lowest BCUT2D eigenvalue weighted by atomic mass is 10.2. The van der Waals surface area contributed by atoms with Crippen LogP contribution in [0.4, 0.5) is 8.78 Å². The van der Waals surface area contributed by atoms with Crippen LogP contribution in [0.3, 0.4) is 0 Å². The molecule has 0 bridgehead atoms. The van der Waals surface area contributed by atoms with Crippen LogP contribution in [0, 0.1) is 11.6 Å². The van der Waals surface area contributed by atoms with Crippen LogP contribution >= 0.6 is 15.9 Å². The zero-order chi connectivity index (χ0) is 13.1. The van der Waals surface area contributed by atoms with Crippen LogP contribution < -0.4 is 10.5 Å². The lowest BCUT2D eigenvalue weighted by molar-refractivity contribution is 0.281. The molecular weight excluding hydrogens is 308 g/mol. The molecule has 1 aromatic carbocycles. The molecule has 0 saturated heterocycles. The molecule has 2 N–H and O–H groups in total. The van der Waals surface area contributed by atoms with E-state index in [0.29, 0.717) is 15.8 Å². The molecule has 0 radical (unpaired) electrons. The molecule has 0 unspecified atom stereocenters. The zero-order valence-electron chi connectivity index (χ0n) is 9.25. The lowest BCUT2D eigenvalue weighted by Gasteiger charge is -2.08. The third-order valence-corrected chi connectivity index (χ3v) is 2.82. The molecule has 1 aromatic heterocycles. The SMILES string of the molecule is NCc1occc1COc1cc(Br)cc(F)c1F. The van der Waals surface area contributed by atoms with Crippen LogP contribution in [-0.4, -0.2) is 0 Å². The van der Waals surface area contributed by atoms with Gasteiger partial charge in [-0.15, -0.1) is 0 Å². The van der Waals surface area contributed by atoms with Crippen molar-refractivity contribution in [1.29, 1.82) is 0 Å². The Morgan fingerprint density at radius 2 is 2.11 bits per heavy atom. The summed E-state index contributed by atoms with van der Waals surface area (Å²) < 4.78 is 37.3. The lowest BCUT2D eigenvalue weighted by Crippen LogP contribution is -2.03. The Morgan fingerprint density at radius 3 is 2.83 bits per heavy atom. The smallest absolute Gasteiger partial charge is 0.200 e. The molecule has 3 nitrogen and oxygen atoms in total. The third-order valence-electron chi connectivity index (χ3n) is 2.37. The van der Waals surface area contributed by atoms with Crippen molar-refractivity contribution in [2.45, 2.75) is 13.2 Å². The second-order valence-corrected chi connectivity index (χ2v) is 4.48. The number of halogens is 3. The van der Waals surface area contributed by atoms with Gasteiger partial charge < -0.3 is 14.9 Å². The van der Waals surface area contributed by atoms with Gasteiger partial charge in [-0.05, 0) is 18.2 Å². The fourth-order valence-corrected chi connectivity index (χ4v) is 1.88. The van der Waals surface area contributed by atoms with Gasteiger partial charge in [0.15, 0.2) is 11.6 Å². The molecule has 0 spiro atoms. The summed E-state index contributed by atoms with van der Waals surface area (Å²) in [4.78, 5) is 0. The number of ether oxygens (including phenoxy) is 1. The molecule has 0 saturated carbocycles. The van der Waals surface area contributed by atoms with Gasteiger partial charge in [-0.2, -0.15) is 4.39 Å². The number of furan rings is 1. The molecule has 0 amide bonds. The highest BCUT2D eigenvalue weighted by atomic mass is 79.9. The predicted molar refractivity (Wildman–Crippen MR) is 65.0 cm³/mol. The minimum absolute atomic E-state index is 0.0653. The normalized spacial score (nSPS) is 10.7. The molecule has 0 fully saturated rings. The van der Waals surface area contributed by atoms with Crippen LogP contribution in [0.25, 0.3) is 0 Å². The molecule has 2 rings (SSSR count). The van der Waals surface area contributed by atoms with E-state index in [0.717, 1.165) is 6.07 Å². The highest BCUT2D eigenvalue weighted by Crippen LogP contribution is 2.26. The van der Waals surface area contributed by atoms with Crippen molar-refractivity contribution >= 4 is 15.9 Å². The van der Waals surface area contributed by atoms with Gasteiger partial charge in [0.1, 0.15) is 12.4 Å². The average Bonchev–Trinajstić information content (AvgIpc) is 2.79. The van der Waals surface area contributed by atoms with E-state index in [4.69, 9.17) is 14.9 Å². The first-order chi connectivity index (χ1) is 8.61. The van der Waals surface area contributed by atoms with Crippen molar-refractivity contribution in [3.8, 4) is 5.75 Å². The van der Waals surface area contributed by atoms with Gasteiger partial charge in [-0.1, -0.05) is 15.9 Å². The molecule has 96 valence electrons. The average molecular weight is 318 g/mol. The Balaban J connectivity index is 2.16. The van der Waals surface area contributed by atoms with Gasteiger partial charge in [0.25, 0.3) is 0 Å². The molecule has 18 heavy (non-hydrogen) atoms. The minimum atomic E-state index is -1.02. The van der Waals surface area contributed by atoms with Crippen LogP contribution in [0.5, 0.6) is 5.75 Å². The minimum Gasteiger partial charge on any atom is -0.486 e. The van der Waals surface area contributed by atoms with Gasteiger partial charge in [-0.25, -0.2) is 4.39 Å². The summed E-state index contributed by atoms with van der Waals surface area (Å²) in [5.41, 5.74) is 6.16. The molecule has 0 atom stereocenters. The van der Waals surface area contributed by atoms with E-state index in [1.165, 1.54) is 12.3 Å². The maximum absolute atomic E-state index is 13.4. The molecule has 0 aliphatic carbocycles. The molecule has 0 aliphatic rings. The van der Waals surface area contributed by atoms with Crippen LogP contribution in [0.15, 0.2) is 33.4 Å². The first-order valence-electron chi connectivity index (χ1n) is 5.14. The van der Waals surface area contributed by atoms with E-state index in [-0.39, 0.29) is 18.9 Å². The number of hydrogen-bond donors (Lipinski definition) is 1. The van der Waals surface area contributed by atoms with Crippen molar-refractivity contribution < 1.29 is 17.9 Å². The Hall–Kier alpha value is -1.40. The van der Waals surface area contributed by atoms with Gasteiger partial charge in [0.2, 0.25) is 5.82 Å². The van der Waals surface area contributed by atoms with E-state index in [9.17, 15) is 8.78 Å². The zero-order valence-corrected chi connectivity index (χ0v) is 10.8. The van der Waals surface area contributed by atoms with Gasteiger partial charge >= 0.3 is 0 Å².